The number of carbonyl (C=O) groups excluding carboxylic acids is 1. The van der Waals surface area contributed by atoms with E-state index in [2.05, 4.69) is 22.0 Å². The molecule has 0 saturated carbocycles. The first-order chi connectivity index (χ1) is 18.3. The van der Waals surface area contributed by atoms with Gasteiger partial charge in [-0.3, -0.25) is 19.8 Å². The van der Waals surface area contributed by atoms with Crippen LogP contribution in [-0.2, 0) is 6.54 Å². The molecular weight excluding hydrogens is 506 g/mol. The second-order valence-electron chi connectivity index (χ2n) is 9.92. The van der Waals surface area contributed by atoms with Gasteiger partial charge in [0.15, 0.2) is 0 Å². The molecule has 3 N–H and O–H groups in total. The maximum atomic E-state index is 12.7. The average molecular weight is 546 g/mol. The van der Waals surface area contributed by atoms with Crippen LogP contribution in [0, 0.1) is 16.0 Å². The van der Waals surface area contributed by atoms with Crippen LogP contribution in [0.15, 0.2) is 36.4 Å². The molecule has 0 unspecified atom stereocenters. The number of ether oxygens (including phenoxy) is 1. The molecule has 1 saturated heterocycles. The molecule has 9 nitrogen and oxygen atoms in total. The molecule has 10 heteroatoms. The molecule has 0 aromatic heterocycles. The van der Waals surface area contributed by atoms with Gasteiger partial charge in [0.1, 0.15) is 5.75 Å². The van der Waals surface area contributed by atoms with E-state index in [1.807, 2.05) is 12.1 Å². The first-order valence-electron chi connectivity index (χ1n) is 13.4. The van der Waals surface area contributed by atoms with Gasteiger partial charge in [-0.25, -0.2) is 0 Å². The Morgan fingerprint density at radius 2 is 1.92 bits per heavy atom. The quantitative estimate of drug-likeness (QED) is 0.149. The number of unbranched alkanes of at least 4 members (excludes halogenated alkanes) is 2. The third-order valence-corrected chi connectivity index (χ3v) is 7.60. The number of anilines is 1. The Bertz CT molecular complexity index is 1060. The molecule has 0 spiro atoms. The lowest BCUT2D eigenvalue weighted by Gasteiger charge is -2.32. The zero-order valence-corrected chi connectivity index (χ0v) is 23.2. The third kappa shape index (κ3) is 8.85. The summed E-state index contributed by atoms with van der Waals surface area (Å²) in [6.45, 7) is 8.81. The Morgan fingerprint density at radius 1 is 1.21 bits per heavy atom. The number of rotatable bonds is 14. The van der Waals surface area contributed by atoms with E-state index < -0.39 is 0 Å². The summed E-state index contributed by atoms with van der Waals surface area (Å²) in [4.78, 5) is 28.1. The molecule has 1 aliphatic heterocycles. The summed E-state index contributed by atoms with van der Waals surface area (Å²) >= 11 is 6.09. The highest BCUT2D eigenvalue weighted by atomic mass is 35.5. The number of nitrogens with two attached hydrogens (primary N) is 1. The minimum absolute atomic E-state index is 0.134. The fourth-order valence-electron chi connectivity index (χ4n) is 4.84. The van der Waals surface area contributed by atoms with Crippen LogP contribution in [-0.4, -0.2) is 67.0 Å². The van der Waals surface area contributed by atoms with Gasteiger partial charge in [0.05, 0.1) is 28.3 Å². The van der Waals surface area contributed by atoms with Crippen LogP contribution in [0.25, 0.3) is 0 Å². The largest absolute Gasteiger partial charge is 0.496 e. The van der Waals surface area contributed by atoms with Crippen LogP contribution in [0.4, 0.5) is 11.4 Å². The number of hydrogen-bond acceptors (Lipinski definition) is 7. The summed E-state index contributed by atoms with van der Waals surface area (Å²) in [5.41, 5.74) is 7.84. The lowest BCUT2D eigenvalue weighted by Crippen LogP contribution is -2.39. The van der Waals surface area contributed by atoms with E-state index in [0.717, 1.165) is 64.1 Å². The Balaban J connectivity index is 1.29. The second kappa shape index (κ2) is 14.9. The van der Waals surface area contributed by atoms with Crippen LogP contribution in [0.2, 0.25) is 5.02 Å². The van der Waals surface area contributed by atoms with E-state index in [9.17, 15) is 14.9 Å². The smallest absolute Gasteiger partial charge is 0.269 e. The number of benzene rings is 2. The zero-order valence-electron chi connectivity index (χ0n) is 22.5. The molecule has 0 radical (unpaired) electrons. The molecule has 208 valence electrons. The Kier molecular flexibility index (Phi) is 11.6. The van der Waals surface area contributed by atoms with Crippen LogP contribution in [0.3, 0.4) is 0 Å². The molecule has 2 aromatic rings. The molecular formula is C28H40ClN5O4. The van der Waals surface area contributed by atoms with Gasteiger partial charge in [-0.05, 0) is 76.0 Å². The van der Waals surface area contributed by atoms with E-state index in [4.69, 9.17) is 22.1 Å². The van der Waals surface area contributed by atoms with Gasteiger partial charge in [0.25, 0.3) is 11.6 Å². The molecule has 1 fully saturated rings. The molecule has 0 atom stereocenters. The van der Waals surface area contributed by atoms with Gasteiger partial charge in [-0.2, -0.15) is 0 Å². The van der Waals surface area contributed by atoms with Gasteiger partial charge >= 0.3 is 0 Å². The summed E-state index contributed by atoms with van der Waals surface area (Å²) in [6, 6.07) is 9.98. The van der Waals surface area contributed by atoms with E-state index >= 15 is 0 Å². The standard InChI is InChI=1S/C28H40ClN5O4/c1-3-32(20-22-7-9-23(10-8-22)34(36)37)13-5-4-6-14-33-15-11-21(12-16-33)19-31-28(35)24-17-25(29)26(30)18-27(24)38-2/h7-10,17-18,21H,3-6,11-16,19-20,30H2,1-2H3,(H,31,35). The monoisotopic (exact) mass is 545 g/mol. The van der Waals surface area contributed by atoms with Gasteiger partial charge in [0, 0.05) is 31.3 Å². The normalized spacial score (nSPS) is 14.5. The maximum absolute atomic E-state index is 12.7. The van der Waals surface area contributed by atoms with Crippen LogP contribution in [0.5, 0.6) is 5.75 Å². The van der Waals surface area contributed by atoms with Gasteiger partial charge in [-0.1, -0.05) is 37.1 Å². The number of non-ortho nitro benzene ring substituents is 1. The van der Waals surface area contributed by atoms with Crippen molar-refractivity contribution in [2.45, 2.75) is 45.6 Å². The number of nitro benzene ring substituents is 1. The predicted octanol–water partition coefficient (Wildman–Crippen LogP) is 4.97. The first kappa shape index (κ1) is 29.7. The summed E-state index contributed by atoms with van der Waals surface area (Å²) in [5, 5.41) is 14.2. The lowest BCUT2D eigenvalue weighted by molar-refractivity contribution is -0.384. The number of amides is 1. The zero-order chi connectivity index (χ0) is 27.5. The Labute approximate surface area is 230 Å². The molecule has 1 amide bonds. The minimum Gasteiger partial charge on any atom is -0.496 e. The van der Waals surface area contributed by atoms with E-state index in [1.165, 1.54) is 20.0 Å². The molecule has 1 aliphatic rings. The number of nitrogens with one attached hydrogen (secondary N) is 1. The number of nitro groups is 1. The van der Waals surface area contributed by atoms with Crippen molar-refractivity contribution in [3.63, 3.8) is 0 Å². The molecule has 0 bridgehead atoms. The molecule has 0 aliphatic carbocycles. The number of nitrogen functional groups attached to an aromatic ring is 1. The van der Waals surface area contributed by atoms with Gasteiger partial charge in [0.2, 0.25) is 0 Å². The van der Waals surface area contributed by atoms with Crippen LogP contribution >= 0.6 is 11.6 Å². The predicted molar refractivity (Wildman–Crippen MR) is 152 cm³/mol. The lowest BCUT2D eigenvalue weighted by atomic mass is 9.96. The molecule has 38 heavy (non-hydrogen) atoms. The second-order valence-corrected chi connectivity index (χ2v) is 10.3. The Morgan fingerprint density at radius 3 is 2.55 bits per heavy atom. The van der Waals surface area contributed by atoms with Crippen molar-refractivity contribution in [1.82, 2.24) is 15.1 Å². The summed E-state index contributed by atoms with van der Waals surface area (Å²) in [6.07, 6.45) is 5.63. The van der Waals surface area contributed by atoms with Gasteiger partial charge in [-0.15, -0.1) is 0 Å². The average Bonchev–Trinajstić information content (AvgIpc) is 2.93. The first-order valence-corrected chi connectivity index (χ1v) is 13.8. The number of likely N-dealkylation sites (tertiary alicyclic amines) is 1. The van der Waals surface area contributed by atoms with Crippen molar-refractivity contribution in [3.05, 3.63) is 62.7 Å². The molecule has 1 heterocycles. The van der Waals surface area contributed by atoms with Crippen molar-refractivity contribution in [1.29, 1.82) is 0 Å². The van der Waals surface area contributed by atoms with Gasteiger partial charge < -0.3 is 20.7 Å². The number of methoxy groups -OCH3 is 1. The number of carbonyl (C=O) groups is 1. The summed E-state index contributed by atoms with van der Waals surface area (Å²) < 4.78 is 5.29. The SMILES string of the molecule is CCN(CCCCCN1CCC(CNC(=O)c2cc(Cl)c(N)cc2OC)CC1)Cc1ccc([N+](=O)[O-])cc1. The van der Waals surface area contributed by atoms with Crippen LogP contribution in [0.1, 0.15) is 54.9 Å². The summed E-state index contributed by atoms with van der Waals surface area (Å²) in [5.74, 6) is 0.691. The Hall–Kier alpha value is -2.88. The number of halogens is 1. The fourth-order valence-corrected chi connectivity index (χ4v) is 5.00. The summed E-state index contributed by atoms with van der Waals surface area (Å²) in [7, 11) is 1.51. The van der Waals surface area contributed by atoms with Crippen molar-refractivity contribution >= 4 is 28.9 Å². The number of hydrogen-bond donors (Lipinski definition) is 2. The van der Waals surface area contributed by atoms with Crippen molar-refractivity contribution in [3.8, 4) is 5.75 Å². The minimum atomic E-state index is -0.362. The van der Waals surface area contributed by atoms with Crippen molar-refractivity contribution in [2.75, 3.05) is 52.1 Å². The molecule has 3 rings (SSSR count). The van der Waals surface area contributed by atoms with Crippen molar-refractivity contribution in [2.24, 2.45) is 5.92 Å². The highest BCUT2D eigenvalue weighted by Gasteiger charge is 2.21. The molecule has 2 aromatic carbocycles. The fraction of sp³-hybridized carbons (Fsp3) is 0.536. The highest BCUT2D eigenvalue weighted by Crippen LogP contribution is 2.29. The number of nitrogens with zero attached hydrogens (tertiary/aromatic N) is 3. The van der Waals surface area contributed by atoms with Crippen LogP contribution < -0.4 is 15.8 Å². The maximum Gasteiger partial charge on any atom is 0.269 e. The third-order valence-electron chi connectivity index (χ3n) is 7.27. The van der Waals surface area contributed by atoms with E-state index in [0.29, 0.717) is 34.5 Å². The van der Waals surface area contributed by atoms with Crippen molar-refractivity contribution < 1.29 is 14.5 Å². The number of piperidine rings is 1. The van der Waals surface area contributed by atoms with E-state index in [1.54, 1.807) is 24.3 Å². The topological polar surface area (TPSA) is 114 Å². The highest BCUT2D eigenvalue weighted by molar-refractivity contribution is 6.33. The van der Waals surface area contributed by atoms with E-state index in [-0.39, 0.29) is 16.5 Å².